The van der Waals surface area contributed by atoms with Crippen molar-refractivity contribution >= 4 is 50.6 Å². The van der Waals surface area contributed by atoms with Gasteiger partial charge in [-0.3, -0.25) is 0 Å². The number of hydrogen-bond donors (Lipinski definition) is 4. The summed E-state index contributed by atoms with van der Waals surface area (Å²) >= 11 is 11.8. The molecule has 134 valence electrons. The van der Waals surface area contributed by atoms with Crippen molar-refractivity contribution in [2.24, 2.45) is 0 Å². The summed E-state index contributed by atoms with van der Waals surface area (Å²) in [5.41, 5.74) is 0.237. The molecule has 4 N–H and O–H groups in total. The number of amides is 2. The predicted molar refractivity (Wildman–Crippen MR) is 98.1 cm³/mol. The largest absolute Gasteiger partial charge is 0.504 e. The Labute approximate surface area is 155 Å². The maximum absolute atomic E-state index is 12.1. The minimum Gasteiger partial charge on any atom is -0.504 e. The molecule has 0 bridgehead atoms. The van der Waals surface area contributed by atoms with E-state index in [1.54, 1.807) is 31.2 Å². The molecule has 0 saturated heterocycles. The van der Waals surface area contributed by atoms with Crippen molar-refractivity contribution in [3.8, 4) is 5.75 Å². The van der Waals surface area contributed by atoms with E-state index in [0.717, 1.165) is 0 Å². The first-order valence-electron chi connectivity index (χ1n) is 7.10. The molecule has 0 aromatic heterocycles. The third-order valence-electron chi connectivity index (χ3n) is 3.06. The van der Waals surface area contributed by atoms with Gasteiger partial charge in [0.15, 0.2) is 5.75 Å². The molecule has 0 saturated carbocycles. The lowest BCUT2D eigenvalue weighted by Crippen LogP contribution is -2.24. The van der Waals surface area contributed by atoms with Crippen LogP contribution in [0.25, 0.3) is 0 Å². The highest BCUT2D eigenvalue weighted by atomic mass is 35.5. The Morgan fingerprint density at radius 3 is 2.32 bits per heavy atom. The lowest BCUT2D eigenvalue weighted by molar-refractivity contribution is 0.262. The van der Waals surface area contributed by atoms with Crippen molar-refractivity contribution in [3.05, 3.63) is 46.4 Å². The Morgan fingerprint density at radius 1 is 1.04 bits per heavy atom. The highest BCUT2D eigenvalue weighted by Crippen LogP contribution is 2.36. The number of aromatic hydroxyl groups is 1. The quantitative estimate of drug-likeness (QED) is 0.571. The molecule has 10 heteroatoms. The highest BCUT2D eigenvalue weighted by molar-refractivity contribution is 7.89. The SMILES string of the molecule is CCNS(=O)(=O)c1c(Cl)ccc(NC(=O)Nc2ccccc2Cl)c1O. The van der Waals surface area contributed by atoms with Crippen LogP contribution in [0.3, 0.4) is 0 Å². The van der Waals surface area contributed by atoms with Gasteiger partial charge in [0, 0.05) is 6.54 Å². The number of anilines is 2. The van der Waals surface area contributed by atoms with Gasteiger partial charge >= 0.3 is 6.03 Å². The molecular weight excluding hydrogens is 389 g/mol. The second-order valence-corrected chi connectivity index (χ2v) is 7.35. The van der Waals surface area contributed by atoms with Crippen molar-refractivity contribution in [3.63, 3.8) is 0 Å². The molecule has 0 unspecified atom stereocenters. The Hall–Kier alpha value is -2.00. The topological polar surface area (TPSA) is 108 Å². The van der Waals surface area contributed by atoms with Crippen LogP contribution < -0.4 is 15.4 Å². The third-order valence-corrected chi connectivity index (χ3v) is 5.43. The number of nitrogens with one attached hydrogen (secondary N) is 3. The number of sulfonamides is 1. The predicted octanol–water partition coefficient (Wildman–Crippen LogP) is 3.64. The molecule has 25 heavy (non-hydrogen) atoms. The summed E-state index contributed by atoms with van der Waals surface area (Å²) in [6.45, 7) is 1.70. The first-order valence-corrected chi connectivity index (χ1v) is 9.34. The van der Waals surface area contributed by atoms with Gasteiger partial charge in [0.2, 0.25) is 10.0 Å². The van der Waals surface area contributed by atoms with E-state index >= 15 is 0 Å². The normalized spacial score (nSPS) is 11.2. The molecule has 0 aliphatic heterocycles. The van der Waals surface area contributed by atoms with Crippen LogP contribution in [0.5, 0.6) is 5.75 Å². The molecule has 2 amide bonds. The molecule has 0 atom stereocenters. The van der Waals surface area contributed by atoms with Crippen LogP contribution in [0.1, 0.15) is 6.92 Å². The Kier molecular flexibility index (Phi) is 6.12. The zero-order valence-electron chi connectivity index (χ0n) is 13.0. The van der Waals surface area contributed by atoms with Crippen molar-refractivity contribution in [2.45, 2.75) is 11.8 Å². The lowest BCUT2D eigenvalue weighted by Gasteiger charge is -2.14. The second-order valence-electron chi connectivity index (χ2n) is 4.83. The van der Waals surface area contributed by atoms with Crippen molar-refractivity contribution in [1.82, 2.24) is 4.72 Å². The van der Waals surface area contributed by atoms with Crippen molar-refractivity contribution in [1.29, 1.82) is 0 Å². The smallest absolute Gasteiger partial charge is 0.323 e. The Morgan fingerprint density at radius 2 is 1.68 bits per heavy atom. The number of carbonyl (C=O) groups excluding carboxylic acids is 1. The maximum Gasteiger partial charge on any atom is 0.323 e. The molecular formula is C15H15Cl2N3O4S. The van der Waals surface area contributed by atoms with Crippen LogP contribution in [0, 0.1) is 0 Å². The van der Waals surface area contributed by atoms with Crippen LogP contribution in [0.15, 0.2) is 41.3 Å². The molecule has 2 aromatic carbocycles. The average Bonchev–Trinajstić information content (AvgIpc) is 2.52. The van der Waals surface area contributed by atoms with Crippen LogP contribution >= 0.6 is 23.2 Å². The molecule has 0 aliphatic rings. The fourth-order valence-electron chi connectivity index (χ4n) is 2.00. The van der Waals surface area contributed by atoms with Gasteiger partial charge in [0.05, 0.1) is 21.4 Å². The first-order chi connectivity index (χ1) is 11.8. The number of phenols is 1. The summed E-state index contributed by atoms with van der Waals surface area (Å²) in [4.78, 5) is 11.6. The number of hydrogen-bond acceptors (Lipinski definition) is 4. The van der Waals surface area contributed by atoms with Gasteiger partial charge in [-0.25, -0.2) is 17.9 Å². The fourth-order valence-corrected chi connectivity index (χ4v) is 3.86. The molecule has 7 nitrogen and oxygen atoms in total. The van der Waals surface area contributed by atoms with E-state index in [0.29, 0.717) is 10.7 Å². The molecule has 2 aromatic rings. The summed E-state index contributed by atoms with van der Waals surface area (Å²) in [7, 11) is -4.02. The van der Waals surface area contributed by atoms with Gasteiger partial charge < -0.3 is 15.7 Å². The Balaban J connectivity index is 2.29. The van der Waals surface area contributed by atoms with E-state index in [2.05, 4.69) is 15.4 Å². The van der Waals surface area contributed by atoms with Crippen molar-refractivity contribution in [2.75, 3.05) is 17.2 Å². The van der Waals surface area contributed by atoms with Gasteiger partial charge in [-0.05, 0) is 24.3 Å². The summed E-state index contributed by atoms with van der Waals surface area (Å²) in [6, 6.07) is 8.41. The van der Waals surface area contributed by atoms with E-state index in [4.69, 9.17) is 23.2 Å². The van der Waals surface area contributed by atoms with Crippen molar-refractivity contribution < 1.29 is 18.3 Å². The standard InChI is InChI=1S/C15H15Cl2N3O4S/c1-2-18-25(23,24)14-10(17)7-8-12(13(14)21)20-15(22)19-11-6-4-3-5-9(11)16/h3-8,18,21H,2H2,1H3,(H2,19,20,22). The third kappa shape index (κ3) is 4.55. The number of urea groups is 1. The molecule has 0 fully saturated rings. The highest BCUT2D eigenvalue weighted by Gasteiger charge is 2.24. The minimum absolute atomic E-state index is 0.114. The summed E-state index contributed by atoms with van der Waals surface area (Å²) in [6.07, 6.45) is 0. The molecule has 0 aliphatic carbocycles. The molecule has 0 spiro atoms. The number of phenolic OH excluding ortho intramolecular Hbond substituents is 1. The monoisotopic (exact) mass is 403 g/mol. The fraction of sp³-hybridized carbons (Fsp3) is 0.133. The van der Waals surface area contributed by atoms with Gasteiger partial charge in [-0.1, -0.05) is 42.3 Å². The summed E-state index contributed by atoms with van der Waals surface area (Å²) < 4.78 is 26.5. The lowest BCUT2D eigenvalue weighted by atomic mass is 10.3. The number of para-hydroxylation sites is 1. The molecule has 0 radical (unpaired) electrons. The number of benzene rings is 2. The van der Waals surface area contributed by atoms with Crippen LogP contribution in [0.2, 0.25) is 10.0 Å². The first kappa shape index (κ1) is 19.3. The van der Waals surface area contributed by atoms with Gasteiger partial charge in [-0.15, -0.1) is 0 Å². The summed E-state index contributed by atoms with van der Waals surface area (Å²) in [5.74, 6) is -0.664. The molecule has 2 rings (SSSR count). The number of rotatable bonds is 5. The van der Waals surface area contributed by atoms with Gasteiger partial charge in [-0.2, -0.15) is 0 Å². The van der Waals surface area contributed by atoms with Crippen LogP contribution in [-0.4, -0.2) is 26.1 Å². The maximum atomic E-state index is 12.1. The van der Waals surface area contributed by atoms with E-state index in [1.807, 2.05) is 0 Å². The zero-order chi connectivity index (χ0) is 18.6. The number of carbonyl (C=O) groups is 1. The average molecular weight is 404 g/mol. The Bertz CT molecular complexity index is 904. The van der Waals surface area contributed by atoms with E-state index in [-0.39, 0.29) is 17.3 Å². The van der Waals surface area contributed by atoms with E-state index < -0.39 is 26.7 Å². The van der Waals surface area contributed by atoms with E-state index in [1.165, 1.54) is 12.1 Å². The van der Waals surface area contributed by atoms with E-state index in [9.17, 15) is 18.3 Å². The van der Waals surface area contributed by atoms with Gasteiger partial charge in [0.1, 0.15) is 4.90 Å². The minimum atomic E-state index is -4.02. The van der Waals surface area contributed by atoms with Gasteiger partial charge in [0.25, 0.3) is 0 Å². The zero-order valence-corrected chi connectivity index (χ0v) is 15.3. The number of halogens is 2. The second kappa shape index (κ2) is 7.92. The van der Waals surface area contributed by atoms with Crippen LogP contribution in [0.4, 0.5) is 16.2 Å². The van der Waals surface area contributed by atoms with Crippen LogP contribution in [-0.2, 0) is 10.0 Å². The molecule has 0 heterocycles. The summed E-state index contributed by atoms with van der Waals surface area (Å²) in [5, 5.41) is 15.2.